The average molecular weight is 280 g/mol. The number of nitrogens with two attached hydrogens (primary N) is 1. The van der Waals surface area contributed by atoms with Crippen LogP contribution in [-0.4, -0.2) is 16.0 Å². The summed E-state index contributed by atoms with van der Waals surface area (Å²) in [6.45, 7) is 0. The highest BCUT2D eigenvalue weighted by Gasteiger charge is 2.04. The van der Waals surface area contributed by atoms with Crippen molar-refractivity contribution in [1.29, 1.82) is 0 Å². The molecule has 5 heteroatoms. The van der Waals surface area contributed by atoms with Crippen molar-refractivity contribution in [3.8, 4) is 17.4 Å². The summed E-state index contributed by atoms with van der Waals surface area (Å²) in [5, 5.41) is 11.4. The number of hydrogen-bond donors (Lipinski definition) is 2. The Bertz CT molecular complexity index is 813. The van der Waals surface area contributed by atoms with E-state index in [1.165, 1.54) is 6.20 Å². The van der Waals surface area contributed by atoms with Gasteiger partial charge in [0.25, 0.3) is 0 Å². The summed E-state index contributed by atoms with van der Waals surface area (Å²) in [6, 6.07) is 13.8. The Morgan fingerprint density at radius 3 is 2.57 bits per heavy atom. The molecule has 0 spiro atoms. The lowest BCUT2D eigenvalue weighted by Crippen LogP contribution is -2.10. The number of fused-ring (bicyclic) bond motifs is 1. The molecular weight excluding hydrogens is 268 g/mol. The predicted octanol–water partition coefficient (Wildman–Crippen LogP) is 2.83. The van der Waals surface area contributed by atoms with Crippen LogP contribution in [-0.2, 0) is 0 Å². The van der Waals surface area contributed by atoms with E-state index in [0.717, 1.165) is 10.8 Å². The first-order valence-electron chi connectivity index (χ1n) is 6.28. The number of phenols is 1. The van der Waals surface area contributed by atoms with Gasteiger partial charge >= 0.3 is 0 Å². The van der Waals surface area contributed by atoms with Crippen molar-refractivity contribution in [1.82, 2.24) is 4.98 Å². The third-order valence-electron chi connectivity index (χ3n) is 3.04. The Hall–Kier alpha value is -3.08. The molecule has 0 saturated heterocycles. The molecule has 0 bridgehead atoms. The van der Waals surface area contributed by atoms with E-state index in [0.29, 0.717) is 17.2 Å². The van der Waals surface area contributed by atoms with E-state index in [2.05, 4.69) is 4.98 Å². The van der Waals surface area contributed by atoms with Crippen molar-refractivity contribution in [3.05, 3.63) is 60.3 Å². The number of primary amides is 1. The molecule has 2 aromatic carbocycles. The van der Waals surface area contributed by atoms with E-state index in [1.807, 2.05) is 18.2 Å². The van der Waals surface area contributed by atoms with Crippen molar-refractivity contribution in [2.75, 3.05) is 0 Å². The number of phenolic OH excluding ortho intramolecular Hbond substituents is 1. The van der Waals surface area contributed by atoms with Gasteiger partial charge in [-0.3, -0.25) is 4.79 Å². The Labute approximate surface area is 120 Å². The molecule has 104 valence electrons. The lowest BCUT2D eigenvalue weighted by Gasteiger charge is -2.06. The van der Waals surface area contributed by atoms with E-state index < -0.39 is 5.91 Å². The lowest BCUT2D eigenvalue weighted by atomic mass is 10.1. The molecule has 3 rings (SSSR count). The summed E-state index contributed by atoms with van der Waals surface area (Å²) >= 11 is 0. The fourth-order valence-electron chi connectivity index (χ4n) is 1.98. The number of aromatic hydroxyl groups is 1. The van der Waals surface area contributed by atoms with Crippen molar-refractivity contribution in [3.63, 3.8) is 0 Å². The monoisotopic (exact) mass is 280 g/mol. The SMILES string of the molecule is NC(=O)c1ccc(Oc2ccc3ccc(O)cc3c2)nc1. The van der Waals surface area contributed by atoms with Crippen LogP contribution in [0.3, 0.4) is 0 Å². The first-order chi connectivity index (χ1) is 10.1. The molecule has 1 heterocycles. The number of benzene rings is 2. The number of pyridine rings is 1. The fourth-order valence-corrected chi connectivity index (χ4v) is 1.98. The molecule has 0 saturated carbocycles. The van der Waals surface area contributed by atoms with Crippen molar-refractivity contribution in [2.24, 2.45) is 5.73 Å². The van der Waals surface area contributed by atoms with Gasteiger partial charge in [-0.25, -0.2) is 4.98 Å². The van der Waals surface area contributed by atoms with E-state index >= 15 is 0 Å². The second kappa shape index (κ2) is 5.13. The van der Waals surface area contributed by atoms with Gasteiger partial charge in [0.15, 0.2) is 0 Å². The van der Waals surface area contributed by atoms with Gasteiger partial charge in [0.2, 0.25) is 11.8 Å². The van der Waals surface area contributed by atoms with E-state index in [4.69, 9.17) is 10.5 Å². The van der Waals surface area contributed by atoms with Gasteiger partial charge < -0.3 is 15.6 Å². The number of hydrogen-bond acceptors (Lipinski definition) is 4. The standard InChI is InChI=1S/C16H12N2O3/c17-16(20)11-3-6-15(18-9-11)21-14-5-2-10-1-4-13(19)7-12(10)8-14/h1-9,19H,(H2,17,20). The fraction of sp³-hybridized carbons (Fsp3) is 0. The minimum atomic E-state index is -0.532. The van der Waals surface area contributed by atoms with E-state index in [-0.39, 0.29) is 5.75 Å². The summed E-state index contributed by atoms with van der Waals surface area (Å²) in [5.41, 5.74) is 5.47. The van der Waals surface area contributed by atoms with Gasteiger partial charge in [-0.2, -0.15) is 0 Å². The molecule has 0 aliphatic rings. The maximum absolute atomic E-state index is 11.0. The van der Waals surface area contributed by atoms with E-state index in [9.17, 15) is 9.90 Å². The summed E-state index contributed by atoms with van der Waals surface area (Å²) in [7, 11) is 0. The molecule has 21 heavy (non-hydrogen) atoms. The van der Waals surface area contributed by atoms with Gasteiger partial charge in [-0.15, -0.1) is 0 Å². The molecule has 5 nitrogen and oxygen atoms in total. The third kappa shape index (κ3) is 2.76. The zero-order valence-corrected chi connectivity index (χ0v) is 11.0. The lowest BCUT2D eigenvalue weighted by molar-refractivity contribution is 0.1000. The molecule has 0 aliphatic heterocycles. The zero-order valence-electron chi connectivity index (χ0n) is 11.0. The van der Waals surface area contributed by atoms with Crippen LogP contribution < -0.4 is 10.5 Å². The van der Waals surface area contributed by atoms with Crippen LogP contribution in [0.4, 0.5) is 0 Å². The molecule has 3 aromatic rings. The molecule has 0 fully saturated rings. The molecule has 0 unspecified atom stereocenters. The van der Waals surface area contributed by atoms with Gasteiger partial charge in [-0.1, -0.05) is 12.1 Å². The number of ether oxygens (including phenoxy) is 1. The largest absolute Gasteiger partial charge is 0.508 e. The first kappa shape index (κ1) is 12.9. The average Bonchev–Trinajstić information content (AvgIpc) is 2.47. The van der Waals surface area contributed by atoms with Gasteiger partial charge in [0, 0.05) is 12.3 Å². The maximum Gasteiger partial charge on any atom is 0.250 e. The van der Waals surface area contributed by atoms with Crippen LogP contribution in [0.1, 0.15) is 10.4 Å². The Morgan fingerprint density at radius 2 is 1.86 bits per heavy atom. The molecule has 0 aliphatic carbocycles. The molecule has 0 atom stereocenters. The summed E-state index contributed by atoms with van der Waals surface area (Å²) in [5.74, 6) is 0.616. The summed E-state index contributed by atoms with van der Waals surface area (Å²) < 4.78 is 5.62. The van der Waals surface area contributed by atoms with E-state index in [1.54, 1.807) is 30.3 Å². The van der Waals surface area contributed by atoms with Crippen molar-refractivity contribution < 1.29 is 14.6 Å². The Kier molecular flexibility index (Phi) is 3.16. The Balaban J connectivity index is 1.88. The Morgan fingerprint density at radius 1 is 1.05 bits per heavy atom. The molecule has 0 radical (unpaired) electrons. The van der Waals surface area contributed by atoms with Crippen molar-refractivity contribution in [2.45, 2.75) is 0 Å². The number of nitrogens with zero attached hydrogens (tertiary/aromatic N) is 1. The smallest absolute Gasteiger partial charge is 0.250 e. The third-order valence-corrected chi connectivity index (χ3v) is 3.04. The zero-order chi connectivity index (χ0) is 14.8. The number of carbonyl (C=O) groups is 1. The summed E-state index contributed by atoms with van der Waals surface area (Å²) in [4.78, 5) is 15.0. The number of rotatable bonds is 3. The van der Waals surface area contributed by atoms with Crippen LogP contribution in [0, 0.1) is 0 Å². The van der Waals surface area contributed by atoms with Gasteiger partial charge in [-0.05, 0) is 41.1 Å². The van der Waals surface area contributed by atoms with Crippen LogP contribution in [0.5, 0.6) is 17.4 Å². The quantitative estimate of drug-likeness (QED) is 0.772. The number of aromatic nitrogens is 1. The highest BCUT2D eigenvalue weighted by molar-refractivity contribution is 5.92. The van der Waals surface area contributed by atoms with Crippen LogP contribution >= 0.6 is 0 Å². The highest BCUT2D eigenvalue weighted by Crippen LogP contribution is 2.26. The molecule has 3 N–H and O–H groups in total. The normalized spacial score (nSPS) is 10.5. The molecule has 1 amide bonds. The maximum atomic E-state index is 11.0. The second-order valence-electron chi connectivity index (χ2n) is 4.54. The minimum absolute atomic E-state index is 0.198. The summed E-state index contributed by atoms with van der Waals surface area (Å²) in [6.07, 6.45) is 1.37. The molecule has 1 aromatic heterocycles. The number of amides is 1. The van der Waals surface area contributed by atoms with Gasteiger partial charge in [0.1, 0.15) is 11.5 Å². The number of carbonyl (C=O) groups excluding carboxylic acids is 1. The molecular formula is C16H12N2O3. The topological polar surface area (TPSA) is 85.4 Å². The van der Waals surface area contributed by atoms with Gasteiger partial charge in [0.05, 0.1) is 5.56 Å². The minimum Gasteiger partial charge on any atom is -0.508 e. The van der Waals surface area contributed by atoms with Crippen LogP contribution in [0.2, 0.25) is 0 Å². The van der Waals surface area contributed by atoms with Crippen molar-refractivity contribution >= 4 is 16.7 Å². The van der Waals surface area contributed by atoms with Crippen LogP contribution in [0.15, 0.2) is 54.7 Å². The van der Waals surface area contributed by atoms with Crippen LogP contribution in [0.25, 0.3) is 10.8 Å². The second-order valence-corrected chi connectivity index (χ2v) is 4.54. The highest BCUT2D eigenvalue weighted by atomic mass is 16.5. The predicted molar refractivity (Wildman–Crippen MR) is 78.4 cm³/mol. The first-order valence-corrected chi connectivity index (χ1v) is 6.28.